The third kappa shape index (κ3) is 4.44. The average Bonchev–Trinajstić information content (AvgIpc) is 3.40. The second-order valence-corrected chi connectivity index (χ2v) is 12.3. The lowest BCUT2D eigenvalue weighted by Crippen LogP contribution is -2.01. The lowest BCUT2D eigenvalue weighted by Gasteiger charge is -2.14. The normalized spacial score (nSPS) is 11.8. The van der Waals surface area contributed by atoms with Crippen molar-refractivity contribution in [2.75, 3.05) is 0 Å². The molecule has 0 unspecified atom stereocenters. The molecule has 1 aliphatic heterocycles. The van der Waals surface area contributed by atoms with Crippen LogP contribution in [0.5, 0.6) is 0 Å². The number of para-hydroxylation sites is 1. The van der Waals surface area contributed by atoms with E-state index in [4.69, 9.17) is 15.0 Å². The quantitative estimate of drug-likeness (QED) is 0.200. The van der Waals surface area contributed by atoms with Crippen molar-refractivity contribution in [1.82, 2.24) is 19.5 Å². The standard InChI is InChI=1S/C41H26N4S/c1-3-13-27(14-4-1)39-42-40(28-15-5-2-6-16-28)44-41(43-39)29-23-25-30(26-24-29)45-34-20-10-7-17-31(34)37-32-18-8-11-21-35(32)46-36-22-12-9-19-33(36)38(37)45/h1-26H. The van der Waals surface area contributed by atoms with Crippen LogP contribution >= 0.6 is 11.8 Å². The molecule has 2 aromatic heterocycles. The molecule has 0 N–H and O–H groups in total. The van der Waals surface area contributed by atoms with Crippen LogP contribution in [0.15, 0.2) is 168 Å². The Morgan fingerprint density at radius 2 is 0.891 bits per heavy atom. The number of nitrogens with zero attached hydrogens (tertiary/aromatic N) is 4. The van der Waals surface area contributed by atoms with Crippen LogP contribution in [0.1, 0.15) is 0 Å². The Balaban J connectivity index is 1.24. The van der Waals surface area contributed by atoms with E-state index in [1.807, 2.05) is 72.4 Å². The average molecular weight is 607 g/mol. The first-order chi connectivity index (χ1) is 22.8. The van der Waals surface area contributed by atoms with E-state index in [-0.39, 0.29) is 0 Å². The fraction of sp³-hybridized carbons (Fsp3) is 0. The SMILES string of the molecule is c1ccc(-c2nc(-c3ccccc3)nc(-c3ccc(-n4c5c(c6ccccc64)-c4ccccc4Sc4ccccc4-5)cc3)n2)cc1. The van der Waals surface area contributed by atoms with E-state index in [9.17, 15) is 0 Å². The predicted molar refractivity (Wildman–Crippen MR) is 188 cm³/mol. The van der Waals surface area contributed by atoms with Gasteiger partial charge in [0.05, 0.1) is 11.2 Å². The van der Waals surface area contributed by atoms with Crippen LogP contribution in [0.3, 0.4) is 0 Å². The van der Waals surface area contributed by atoms with Gasteiger partial charge in [0.15, 0.2) is 17.5 Å². The number of aromatic nitrogens is 4. The molecule has 0 amide bonds. The highest BCUT2D eigenvalue weighted by atomic mass is 32.2. The minimum Gasteiger partial charge on any atom is -0.309 e. The van der Waals surface area contributed by atoms with E-state index >= 15 is 0 Å². The molecular formula is C41H26N4S. The molecule has 216 valence electrons. The molecule has 8 aromatic rings. The van der Waals surface area contributed by atoms with Crippen molar-refractivity contribution in [3.63, 3.8) is 0 Å². The van der Waals surface area contributed by atoms with Gasteiger partial charge in [-0.3, -0.25) is 0 Å². The molecule has 5 heteroatoms. The zero-order valence-corrected chi connectivity index (χ0v) is 25.5. The highest BCUT2D eigenvalue weighted by Gasteiger charge is 2.27. The fourth-order valence-electron chi connectivity index (χ4n) is 6.36. The first kappa shape index (κ1) is 26.6. The van der Waals surface area contributed by atoms with Gasteiger partial charge in [0, 0.05) is 48.7 Å². The Hall–Kier alpha value is -5.78. The summed E-state index contributed by atoms with van der Waals surface area (Å²) in [7, 11) is 0. The third-order valence-electron chi connectivity index (χ3n) is 8.48. The van der Waals surface area contributed by atoms with Gasteiger partial charge in [-0.05, 0) is 48.0 Å². The number of fused-ring (bicyclic) bond motifs is 7. The van der Waals surface area contributed by atoms with Crippen LogP contribution in [0.4, 0.5) is 0 Å². The Kier molecular flexibility index (Phi) is 6.35. The fourth-order valence-corrected chi connectivity index (χ4v) is 7.45. The molecule has 6 aromatic carbocycles. The predicted octanol–water partition coefficient (Wildman–Crippen LogP) is 10.6. The van der Waals surface area contributed by atoms with Crippen LogP contribution in [0.25, 0.3) is 73.1 Å². The molecule has 0 saturated heterocycles. The maximum Gasteiger partial charge on any atom is 0.164 e. The first-order valence-corrected chi connectivity index (χ1v) is 16.1. The lowest BCUT2D eigenvalue weighted by atomic mass is 9.98. The van der Waals surface area contributed by atoms with Gasteiger partial charge in [0.25, 0.3) is 0 Å². The summed E-state index contributed by atoms with van der Waals surface area (Å²) in [5.41, 5.74) is 10.1. The van der Waals surface area contributed by atoms with Gasteiger partial charge in [0.2, 0.25) is 0 Å². The van der Waals surface area contributed by atoms with Crippen LogP contribution in [0, 0.1) is 0 Å². The number of rotatable bonds is 4. The van der Waals surface area contributed by atoms with Crippen molar-refractivity contribution >= 4 is 22.7 Å². The van der Waals surface area contributed by atoms with Gasteiger partial charge in [-0.25, -0.2) is 15.0 Å². The minimum atomic E-state index is 0.645. The zero-order valence-electron chi connectivity index (χ0n) is 24.7. The van der Waals surface area contributed by atoms with Crippen molar-refractivity contribution in [3.05, 3.63) is 158 Å². The highest BCUT2D eigenvalue weighted by molar-refractivity contribution is 7.99. The van der Waals surface area contributed by atoms with Crippen molar-refractivity contribution in [3.8, 4) is 62.2 Å². The smallest absolute Gasteiger partial charge is 0.164 e. The molecule has 9 rings (SSSR count). The van der Waals surface area contributed by atoms with E-state index in [0.717, 1.165) is 22.4 Å². The molecule has 46 heavy (non-hydrogen) atoms. The molecule has 0 fully saturated rings. The summed E-state index contributed by atoms with van der Waals surface area (Å²) in [4.78, 5) is 17.3. The summed E-state index contributed by atoms with van der Waals surface area (Å²) in [6.07, 6.45) is 0. The van der Waals surface area contributed by atoms with Gasteiger partial charge >= 0.3 is 0 Å². The largest absolute Gasteiger partial charge is 0.309 e. The van der Waals surface area contributed by atoms with Crippen molar-refractivity contribution in [1.29, 1.82) is 0 Å². The molecule has 0 saturated carbocycles. The summed E-state index contributed by atoms with van der Waals surface area (Å²) in [5.74, 6) is 1.96. The van der Waals surface area contributed by atoms with Crippen molar-refractivity contribution < 1.29 is 0 Å². The van der Waals surface area contributed by atoms with Gasteiger partial charge in [0.1, 0.15) is 0 Å². The first-order valence-electron chi connectivity index (χ1n) is 15.3. The van der Waals surface area contributed by atoms with Gasteiger partial charge in [-0.15, -0.1) is 0 Å². The summed E-state index contributed by atoms with van der Waals surface area (Å²) in [6, 6.07) is 55.0. The number of benzene rings is 6. The highest BCUT2D eigenvalue weighted by Crippen LogP contribution is 2.52. The maximum absolute atomic E-state index is 4.95. The summed E-state index contributed by atoms with van der Waals surface area (Å²) in [6.45, 7) is 0. The Bertz CT molecular complexity index is 2320. The maximum atomic E-state index is 4.95. The zero-order chi connectivity index (χ0) is 30.5. The minimum absolute atomic E-state index is 0.645. The van der Waals surface area contributed by atoms with Crippen molar-refractivity contribution in [2.24, 2.45) is 0 Å². The number of hydrogen-bond acceptors (Lipinski definition) is 4. The van der Waals surface area contributed by atoms with Crippen LogP contribution in [0.2, 0.25) is 0 Å². The van der Waals surface area contributed by atoms with Gasteiger partial charge in [-0.2, -0.15) is 0 Å². The molecule has 4 nitrogen and oxygen atoms in total. The Morgan fingerprint density at radius 1 is 0.413 bits per heavy atom. The molecular weight excluding hydrogens is 581 g/mol. The second kappa shape index (κ2) is 11.0. The Morgan fingerprint density at radius 3 is 1.52 bits per heavy atom. The van der Waals surface area contributed by atoms with Crippen LogP contribution < -0.4 is 0 Å². The summed E-state index contributed by atoms with van der Waals surface area (Å²) < 4.78 is 2.41. The molecule has 0 aliphatic carbocycles. The monoisotopic (exact) mass is 606 g/mol. The second-order valence-electron chi connectivity index (χ2n) is 11.3. The topological polar surface area (TPSA) is 43.6 Å². The summed E-state index contributed by atoms with van der Waals surface area (Å²) >= 11 is 1.84. The van der Waals surface area contributed by atoms with E-state index in [1.165, 1.54) is 43.1 Å². The van der Waals surface area contributed by atoms with Crippen molar-refractivity contribution in [2.45, 2.75) is 9.79 Å². The molecule has 0 radical (unpaired) electrons. The van der Waals surface area contributed by atoms with E-state index in [0.29, 0.717) is 17.5 Å². The number of hydrogen-bond donors (Lipinski definition) is 0. The molecule has 1 aliphatic rings. The molecule has 3 heterocycles. The van der Waals surface area contributed by atoms with E-state index < -0.39 is 0 Å². The summed E-state index contributed by atoms with van der Waals surface area (Å²) in [5, 5.41) is 1.24. The van der Waals surface area contributed by atoms with Gasteiger partial charge in [-0.1, -0.05) is 127 Å². The van der Waals surface area contributed by atoms with E-state index in [1.54, 1.807) is 0 Å². The molecule has 0 atom stereocenters. The molecule has 0 bridgehead atoms. The third-order valence-corrected chi connectivity index (χ3v) is 9.63. The van der Waals surface area contributed by atoms with Crippen LogP contribution in [-0.4, -0.2) is 19.5 Å². The van der Waals surface area contributed by atoms with Crippen LogP contribution in [-0.2, 0) is 0 Å². The van der Waals surface area contributed by atoms with E-state index in [2.05, 4.69) is 102 Å². The molecule has 0 spiro atoms. The lowest BCUT2D eigenvalue weighted by molar-refractivity contribution is 1.07. The Labute approximate surface area is 271 Å². The van der Waals surface area contributed by atoms with Gasteiger partial charge < -0.3 is 4.57 Å².